The van der Waals surface area contributed by atoms with Gasteiger partial charge in [-0.15, -0.1) is 0 Å². The molecule has 0 aliphatic rings. The number of carbonyl (C=O) groups is 2. The third-order valence-corrected chi connectivity index (χ3v) is 3.79. The van der Waals surface area contributed by atoms with Gasteiger partial charge >= 0.3 is 11.9 Å². The molecule has 0 heterocycles. The Morgan fingerprint density at radius 2 is 1.20 bits per heavy atom. The summed E-state index contributed by atoms with van der Waals surface area (Å²) in [6, 6.07) is 0. The van der Waals surface area contributed by atoms with Gasteiger partial charge < -0.3 is 24.8 Å². The molecule has 0 aromatic heterocycles. The first-order valence-corrected chi connectivity index (χ1v) is 11.0. The number of aliphatic carboxylic acids is 1. The lowest BCUT2D eigenvalue weighted by molar-refractivity contribution is -0.144. The summed E-state index contributed by atoms with van der Waals surface area (Å²) in [4.78, 5) is 21.0. The summed E-state index contributed by atoms with van der Waals surface area (Å²) in [7, 11) is 0. The number of aliphatic hydroxyl groups excluding tert-OH is 2. The van der Waals surface area contributed by atoms with E-state index in [2.05, 4.69) is 27.7 Å². The molecule has 0 bridgehead atoms. The second-order valence-corrected chi connectivity index (χ2v) is 6.32. The van der Waals surface area contributed by atoms with Crippen LogP contribution < -0.4 is 0 Å². The number of carboxylic acids is 1. The zero-order valence-electron chi connectivity index (χ0n) is 20.5. The highest BCUT2D eigenvalue weighted by Gasteiger charge is 2.02. The molecule has 7 nitrogen and oxygen atoms in total. The van der Waals surface area contributed by atoms with E-state index in [1.807, 2.05) is 20.8 Å². The van der Waals surface area contributed by atoms with Gasteiger partial charge in [0.2, 0.25) is 0 Å². The van der Waals surface area contributed by atoms with Crippen LogP contribution in [-0.2, 0) is 19.1 Å². The normalized spacial score (nSPS) is 10.2. The molecular weight excluding hydrogens is 388 g/mol. The summed E-state index contributed by atoms with van der Waals surface area (Å²) in [5.74, 6) is -1.05. The van der Waals surface area contributed by atoms with E-state index in [0.29, 0.717) is 25.9 Å². The number of aliphatic hydroxyl groups is 2. The molecule has 182 valence electrons. The van der Waals surface area contributed by atoms with Crippen LogP contribution in [0.1, 0.15) is 93.4 Å². The Hall–Kier alpha value is -1.44. The van der Waals surface area contributed by atoms with E-state index in [9.17, 15) is 9.59 Å². The van der Waals surface area contributed by atoms with Crippen molar-refractivity contribution in [1.82, 2.24) is 0 Å². The second-order valence-electron chi connectivity index (χ2n) is 6.32. The fourth-order valence-electron chi connectivity index (χ4n) is 1.64. The summed E-state index contributed by atoms with van der Waals surface area (Å²) < 4.78 is 9.65. The van der Waals surface area contributed by atoms with Crippen LogP contribution in [0.25, 0.3) is 0 Å². The van der Waals surface area contributed by atoms with Gasteiger partial charge in [0.15, 0.2) is 0 Å². The predicted octanol–water partition coefficient (Wildman–Crippen LogP) is 4.74. The molecule has 0 aliphatic heterocycles. The Bertz CT molecular complexity index is 377. The Kier molecular flexibility index (Phi) is 38.6. The SMILES string of the molecule is CC/C(C)=C(\C)CC.CCCOC(=O)CCCCC(=O)O.CCOCC.OCCO. The highest BCUT2D eigenvalue weighted by Crippen LogP contribution is 2.09. The molecule has 0 rings (SSSR count). The first-order valence-electron chi connectivity index (χ1n) is 11.0. The molecule has 0 spiro atoms. The first kappa shape index (κ1) is 36.0. The Labute approximate surface area is 184 Å². The number of hydrogen-bond donors (Lipinski definition) is 3. The number of esters is 1. The van der Waals surface area contributed by atoms with Gasteiger partial charge in [-0.25, -0.2) is 0 Å². The number of carboxylic acid groups (broad SMARTS) is 1. The molecule has 0 radical (unpaired) electrons. The van der Waals surface area contributed by atoms with Gasteiger partial charge in [0.05, 0.1) is 19.8 Å². The molecule has 0 unspecified atom stereocenters. The molecule has 0 amide bonds. The van der Waals surface area contributed by atoms with Gasteiger partial charge in [-0.05, 0) is 59.8 Å². The number of carbonyl (C=O) groups excluding carboxylic acids is 1. The second kappa shape index (κ2) is 32.2. The lowest BCUT2D eigenvalue weighted by Crippen LogP contribution is -2.05. The van der Waals surface area contributed by atoms with Gasteiger partial charge in [-0.1, -0.05) is 31.9 Å². The van der Waals surface area contributed by atoms with Crippen molar-refractivity contribution in [2.24, 2.45) is 0 Å². The molecule has 0 saturated carbocycles. The third-order valence-electron chi connectivity index (χ3n) is 3.79. The van der Waals surface area contributed by atoms with Crippen LogP contribution in [0.15, 0.2) is 11.1 Å². The van der Waals surface area contributed by atoms with Crippen molar-refractivity contribution in [3.63, 3.8) is 0 Å². The van der Waals surface area contributed by atoms with Crippen molar-refractivity contribution in [2.45, 2.75) is 93.4 Å². The molecule has 0 aromatic rings. The smallest absolute Gasteiger partial charge is 0.305 e. The molecule has 0 saturated heterocycles. The fraction of sp³-hybridized carbons (Fsp3) is 0.826. The minimum atomic E-state index is -0.818. The van der Waals surface area contributed by atoms with Gasteiger partial charge in [-0.3, -0.25) is 9.59 Å². The maximum absolute atomic E-state index is 10.9. The van der Waals surface area contributed by atoms with Gasteiger partial charge in [0, 0.05) is 26.1 Å². The van der Waals surface area contributed by atoms with Crippen LogP contribution in [0, 0.1) is 0 Å². The predicted molar refractivity (Wildman–Crippen MR) is 123 cm³/mol. The molecule has 30 heavy (non-hydrogen) atoms. The number of hydrogen-bond acceptors (Lipinski definition) is 6. The average Bonchev–Trinajstić information content (AvgIpc) is 2.75. The molecule has 0 atom stereocenters. The quantitative estimate of drug-likeness (QED) is 0.230. The summed E-state index contributed by atoms with van der Waals surface area (Å²) in [5, 5.41) is 23.6. The molecule has 0 aromatic carbocycles. The molecule has 7 heteroatoms. The topological polar surface area (TPSA) is 113 Å². The number of ether oxygens (including phenoxy) is 2. The van der Waals surface area contributed by atoms with Crippen molar-refractivity contribution < 1.29 is 34.4 Å². The van der Waals surface area contributed by atoms with E-state index in [4.69, 9.17) is 24.8 Å². The van der Waals surface area contributed by atoms with Gasteiger partial charge in [0.1, 0.15) is 0 Å². The minimum absolute atomic E-state index is 0.125. The average molecular weight is 437 g/mol. The van der Waals surface area contributed by atoms with Crippen LogP contribution in [0.5, 0.6) is 0 Å². The monoisotopic (exact) mass is 436 g/mol. The highest BCUT2D eigenvalue weighted by molar-refractivity contribution is 5.69. The van der Waals surface area contributed by atoms with Crippen molar-refractivity contribution in [1.29, 1.82) is 0 Å². The van der Waals surface area contributed by atoms with Crippen molar-refractivity contribution >= 4 is 11.9 Å². The van der Waals surface area contributed by atoms with Crippen LogP contribution in [0.4, 0.5) is 0 Å². The standard InChI is InChI=1S/C9H16O4.C8H16.C4H10O.C2H6O2/c1-2-7-13-9(12)6-4-3-5-8(10)11;1-5-7(3)8(4)6-2;1-3-5-4-2;3-1-2-4/h2-7H2,1H3,(H,10,11);5-6H2,1-4H3;3-4H2,1-2H3;3-4H,1-2H2/b;8-7+;;. The Morgan fingerprint density at radius 3 is 1.47 bits per heavy atom. The molecule has 0 aliphatic carbocycles. The van der Waals surface area contributed by atoms with Crippen LogP contribution >= 0.6 is 0 Å². The Morgan fingerprint density at radius 1 is 0.767 bits per heavy atom. The zero-order chi connectivity index (χ0) is 24.2. The summed E-state index contributed by atoms with van der Waals surface area (Å²) in [6.45, 7) is 16.6. The molecule has 3 N–H and O–H groups in total. The summed E-state index contributed by atoms with van der Waals surface area (Å²) >= 11 is 0. The number of rotatable bonds is 12. The largest absolute Gasteiger partial charge is 0.481 e. The van der Waals surface area contributed by atoms with E-state index < -0.39 is 5.97 Å². The van der Waals surface area contributed by atoms with Crippen molar-refractivity contribution in [3.8, 4) is 0 Å². The molecule has 0 fully saturated rings. The van der Waals surface area contributed by atoms with Crippen molar-refractivity contribution in [3.05, 3.63) is 11.1 Å². The van der Waals surface area contributed by atoms with E-state index in [1.54, 1.807) is 11.1 Å². The lowest BCUT2D eigenvalue weighted by atomic mass is 10.1. The first-order chi connectivity index (χ1) is 14.2. The third kappa shape index (κ3) is 41.0. The zero-order valence-corrected chi connectivity index (χ0v) is 20.5. The van der Waals surface area contributed by atoms with Crippen molar-refractivity contribution in [2.75, 3.05) is 33.0 Å². The van der Waals surface area contributed by atoms with Crippen LogP contribution in [-0.4, -0.2) is 60.3 Å². The fourth-order valence-corrected chi connectivity index (χ4v) is 1.64. The highest BCUT2D eigenvalue weighted by atomic mass is 16.5. The Balaban J connectivity index is -0.000000169. The van der Waals surface area contributed by atoms with Gasteiger partial charge in [0.25, 0.3) is 0 Å². The van der Waals surface area contributed by atoms with E-state index >= 15 is 0 Å². The maximum atomic E-state index is 10.9. The number of unbranched alkanes of at least 4 members (excludes halogenated alkanes) is 1. The maximum Gasteiger partial charge on any atom is 0.305 e. The van der Waals surface area contributed by atoms with Crippen LogP contribution in [0.2, 0.25) is 0 Å². The number of allylic oxidation sites excluding steroid dienone is 2. The van der Waals surface area contributed by atoms with E-state index in [-0.39, 0.29) is 25.6 Å². The van der Waals surface area contributed by atoms with Gasteiger partial charge in [-0.2, -0.15) is 0 Å². The van der Waals surface area contributed by atoms with E-state index in [0.717, 1.165) is 19.6 Å². The summed E-state index contributed by atoms with van der Waals surface area (Å²) in [6.07, 6.45) is 4.82. The van der Waals surface area contributed by atoms with E-state index in [1.165, 1.54) is 12.8 Å². The molecular formula is C23H48O7. The lowest BCUT2D eigenvalue weighted by Gasteiger charge is -2.01. The summed E-state index contributed by atoms with van der Waals surface area (Å²) in [5.41, 5.74) is 3.10. The minimum Gasteiger partial charge on any atom is -0.481 e. The van der Waals surface area contributed by atoms with Crippen LogP contribution in [0.3, 0.4) is 0 Å².